The van der Waals surface area contributed by atoms with Crippen molar-refractivity contribution in [3.63, 3.8) is 0 Å². The molecule has 0 aliphatic carbocycles. The molecule has 27 heavy (non-hydrogen) atoms. The fourth-order valence-corrected chi connectivity index (χ4v) is 3.06. The van der Waals surface area contributed by atoms with Crippen molar-refractivity contribution in [2.75, 3.05) is 32.8 Å². The molecule has 1 saturated heterocycles. The summed E-state index contributed by atoms with van der Waals surface area (Å²) < 4.78 is 22.1. The fourth-order valence-electron chi connectivity index (χ4n) is 2.81. The molecule has 0 spiro atoms. The molecule has 1 aliphatic heterocycles. The molecule has 1 heterocycles. The monoisotopic (exact) mass is 391 g/mol. The van der Waals surface area contributed by atoms with Crippen molar-refractivity contribution < 1.29 is 23.7 Å². The zero-order valence-electron chi connectivity index (χ0n) is 15.5. The van der Waals surface area contributed by atoms with Crippen LogP contribution in [0.5, 0.6) is 11.5 Å². The number of carbonyl (C=O) groups is 1. The van der Waals surface area contributed by atoms with E-state index in [1.807, 2.05) is 24.3 Å². The maximum atomic E-state index is 12.8. The first-order chi connectivity index (χ1) is 13.0. The average molecular weight is 392 g/mol. The van der Waals surface area contributed by atoms with Gasteiger partial charge in [0.1, 0.15) is 11.5 Å². The molecule has 0 unspecified atom stereocenters. The maximum Gasteiger partial charge on any atom is 0.234 e. The van der Waals surface area contributed by atoms with Crippen molar-refractivity contribution in [2.45, 2.75) is 13.2 Å². The van der Waals surface area contributed by atoms with E-state index in [-0.39, 0.29) is 19.1 Å². The summed E-state index contributed by atoms with van der Waals surface area (Å²) in [7, 11) is 3.13. The van der Waals surface area contributed by atoms with Crippen LogP contribution in [0, 0.1) is 5.41 Å². The Kier molecular flexibility index (Phi) is 5.89. The van der Waals surface area contributed by atoms with Crippen LogP contribution in [0.15, 0.2) is 42.5 Å². The summed E-state index contributed by atoms with van der Waals surface area (Å²) >= 11 is 6.11. The number of amides is 1. The number of hydrogen-bond donors (Lipinski definition) is 1. The van der Waals surface area contributed by atoms with Crippen molar-refractivity contribution >= 4 is 23.2 Å². The summed E-state index contributed by atoms with van der Waals surface area (Å²) in [4.78, 5) is 12.8. The van der Waals surface area contributed by atoms with Gasteiger partial charge in [-0.3, -0.25) is 4.79 Å². The van der Waals surface area contributed by atoms with Crippen molar-refractivity contribution in [3.05, 3.63) is 53.1 Å². The number of rotatable bonds is 5. The molecule has 1 aliphatic rings. The van der Waals surface area contributed by atoms with E-state index in [1.165, 1.54) is 7.11 Å². The lowest BCUT2D eigenvalue weighted by molar-refractivity contribution is -0.226. The first-order valence-electron chi connectivity index (χ1n) is 8.48. The molecule has 1 fully saturated rings. The highest BCUT2D eigenvalue weighted by Crippen LogP contribution is 2.36. The summed E-state index contributed by atoms with van der Waals surface area (Å²) in [6.45, 7) is 2.22. The highest BCUT2D eigenvalue weighted by atomic mass is 35.5. The number of para-hydroxylation sites is 1. The zero-order valence-corrected chi connectivity index (χ0v) is 16.2. The largest absolute Gasteiger partial charge is 0.496 e. The highest BCUT2D eigenvalue weighted by Gasteiger charge is 2.40. The van der Waals surface area contributed by atoms with Gasteiger partial charge in [-0.1, -0.05) is 29.8 Å². The third kappa shape index (κ3) is 4.18. The Labute approximate surface area is 163 Å². The van der Waals surface area contributed by atoms with Gasteiger partial charge in [0, 0.05) is 11.3 Å². The molecule has 1 amide bonds. The average Bonchev–Trinajstić information content (AvgIpc) is 2.68. The second-order valence-corrected chi connectivity index (χ2v) is 6.97. The molecule has 0 atom stereocenters. The molecule has 7 heteroatoms. The van der Waals surface area contributed by atoms with Crippen molar-refractivity contribution in [1.82, 2.24) is 0 Å². The van der Waals surface area contributed by atoms with Crippen LogP contribution in [0.4, 0.5) is 5.69 Å². The van der Waals surface area contributed by atoms with Gasteiger partial charge < -0.3 is 24.3 Å². The SMILES string of the molecule is COc1ccc(NC(=O)C2(C)COC(c3ccccc3OC)OC2)cc1Cl. The lowest BCUT2D eigenvalue weighted by Gasteiger charge is -2.36. The third-order valence-corrected chi connectivity index (χ3v) is 4.75. The number of hydrogen-bond acceptors (Lipinski definition) is 5. The number of benzene rings is 2. The molecule has 6 nitrogen and oxygen atoms in total. The molecular weight excluding hydrogens is 370 g/mol. The van der Waals surface area contributed by atoms with Crippen molar-refractivity contribution in [3.8, 4) is 11.5 Å². The molecule has 2 aromatic carbocycles. The van der Waals surface area contributed by atoms with E-state index in [0.29, 0.717) is 22.2 Å². The molecule has 0 aromatic heterocycles. The van der Waals surface area contributed by atoms with Gasteiger partial charge in [-0.25, -0.2) is 0 Å². The van der Waals surface area contributed by atoms with Crippen LogP contribution in [0.25, 0.3) is 0 Å². The Bertz CT molecular complexity index is 818. The van der Waals surface area contributed by atoms with Crippen LogP contribution in [0.1, 0.15) is 18.8 Å². The van der Waals surface area contributed by atoms with E-state index in [4.69, 9.17) is 30.5 Å². The van der Waals surface area contributed by atoms with E-state index in [2.05, 4.69) is 5.32 Å². The smallest absolute Gasteiger partial charge is 0.234 e. The second kappa shape index (κ2) is 8.17. The third-order valence-electron chi connectivity index (χ3n) is 4.46. The molecule has 3 rings (SSSR count). The Balaban J connectivity index is 1.66. The normalized spacial score (nSPS) is 22.1. The van der Waals surface area contributed by atoms with Crippen LogP contribution < -0.4 is 14.8 Å². The quantitative estimate of drug-likeness (QED) is 0.833. The first-order valence-corrected chi connectivity index (χ1v) is 8.86. The molecule has 0 bridgehead atoms. The van der Waals surface area contributed by atoms with Gasteiger partial charge in [0.25, 0.3) is 0 Å². The summed E-state index contributed by atoms with van der Waals surface area (Å²) in [5.74, 6) is 1.02. The summed E-state index contributed by atoms with van der Waals surface area (Å²) in [6.07, 6.45) is -0.572. The Morgan fingerprint density at radius 1 is 1.11 bits per heavy atom. The van der Waals surface area contributed by atoms with Crippen LogP contribution in [-0.2, 0) is 14.3 Å². The molecule has 1 N–H and O–H groups in total. The minimum absolute atomic E-state index is 0.206. The van der Waals surface area contributed by atoms with E-state index >= 15 is 0 Å². The standard InChI is InChI=1S/C20H22ClNO5/c1-20(19(23)22-13-8-9-17(25-3)15(21)10-13)11-26-18(27-12-20)14-6-4-5-7-16(14)24-2/h4-10,18H,11-12H2,1-3H3,(H,22,23). The van der Waals surface area contributed by atoms with Crippen LogP contribution >= 0.6 is 11.6 Å². The number of carbonyl (C=O) groups excluding carboxylic acids is 1. The minimum Gasteiger partial charge on any atom is -0.496 e. The number of halogens is 1. The van der Waals surface area contributed by atoms with Gasteiger partial charge in [0.05, 0.1) is 37.9 Å². The summed E-state index contributed by atoms with van der Waals surface area (Å²) in [6, 6.07) is 12.6. The molecule has 2 aromatic rings. The van der Waals surface area contributed by atoms with E-state index in [0.717, 1.165) is 5.56 Å². The van der Waals surface area contributed by atoms with Crippen LogP contribution in [-0.4, -0.2) is 33.3 Å². The molecule has 144 valence electrons. The van der Waals surface area contributed by atoms with Gasteiger partial charge >= 0.3 is 0 Å². The fraction of sp³-hybridized carbons (Fsp3) is 0.350. The zero-order chi connectivity index (χ0) is 19.4. The van der Waals surface area contributed by atoms with E-state index in [1.54, 1.807) is 32.2 Å². The predicted molar refractivity (Wildman–Crippen MR) is 102 cm³/mol. The Morgan fingerprint density at radius 2 is 1.78 bits per heavy atom. The lowest BCUT2D eigenvalue weighted by Crippen LogP contribution is -2.45. The topological polar surface area (TPSA) is 66.0 Å². The molecule has 0 radical (unpaired) electrons. The number of nitrogens with one attached hydrogen (secondary N) is 1. The maximum absolute atomic E-state index is 12.8. The Hall–Kier alpha value is -2.28. The number of ether oxygens (including phenoxy) is 4. The lowest BCUT2D eigenvalue weighted by atomic mass is 9.90. The predicted octanol–water partition coefficient (Wildman–Crippen LogP) is 4.05. The number of anilines is 1. The van der Waals surface area contributed by atoms with Crippen LogP contribution in [0.2, 0.25) is 5.02 Å². The number of methoxy groups -OCH3 is 2. The van der Waals surface area contributed by atoms with E-state index < -0.39 is 11.7 Å². The first kappa shape index (κ1) is 19.5. The van der Waals surface area contributed by atoms with Gasteiger partial charge in [-0.15, -0.1) is 0 Å². The van der Waals surface area contributed by atoms with Gasteiger partial charge in [-0.05, 0) is 31.2 Å². The van der Waals surface area contributed by atoms with Crippen molar-refractivity contribution in [1.29, 1.82) is 0 Å². The second-order valence-electron chi connectivity index (χ2n) is 6.56. The highest BCUT2D eigenvalue weighted by molar-refractivity contribution is 6.32. The summed E-state index contributed by atoms with van der Waals surface area (Å²) in [5.41, 5.74) is 0.550. The van der Waals surface area contributed by atoms with Crippen LogP contribution in [0.3, 0.4) is 0 Å². The van der Waals surface area contributed by atoms with Crippen molar-refractivity contribution in [2.24, 2.45) is 5.41 Å². The minimum atomic E-state index is -0.828. The summed E-state index contributed by atoms with van der Waals surface area (Å²) in [5, 5.41) is 3.28. The van der Waals surface area contributed by atoms with Gasteiger partial charge in [0.2, 0.25) is 5.91 Å². The van der Waals surface area contributed by atoms with Gasteiger partial charge in [-0.2, -0.15) is 0 Å². The van der Waals surface area contributed by atoms with Gasteiger partial charge in [0.15, 0.2) is 6.29 Å². The van der Waals surface area contributed by atoms with E-state index in [9.17, 15) is 4.79 Å². The molecular formula is C20H22ClNO5. The molecule has 0 saturated carbocycles. The Morgan fingerprint density at radius 3 is 2.41 bits per heavy atom.